The molecule has 2 aliphatic heterocycles. The number of fused-ring (bicyclic) bond motifs is 1. The van der Waals surface area contributed by atoms with Crippen molar-refractivity contribution in [1.29, 1.82) is 0 Å². The zero-order valence-corrected chi connectivity index (χ0v) is 15.4. The van der Waals surface area contributed by atoms with E-state index in [0.717, 1.165) is 17.1 Å². The summed E-state index contributed by atoms with van der Waals surface area (Å²) in [5, 5.41) is 0. The second-order valence-electron chi connectivity index (χ2n) is 6.65. The Balaban J connectivity index is 1.72. The van der Waals surface area contributed by atoms with Gasteiger partial charge in [0.15, 0.2) is 11.5 Å². The molecule has 1 atom stereocenters. The SMILES string of the molecule is CC1CCCN(C(=O)CN(C)S(=O)(=O)c2ccc3c(c2)OCCO3)C1. The van der Waals surface area contributed by atoms with E-state index in [9.17, 15) is 13.2 Å². The van der Waals surface area contributed by atoms with E-state index in [1.165, 1.54) is 19.2 Å². The van der Waals surface area contributed by atoms with Crippen LogP contribution in [0.1, 0.15) is 19.8 Å². The van der Waals surface area contributed by atoms with Crippen LogP contribution in [0.25, 0.3) is 0 Å². The van der Waals surface area contributed by atoms with Gasteiger partial charge in [0.2, 0.25) is 15.9 Å². The van der Waals surface area contributed by atoms with Gasteiger partial charge in [-0.3, -0.25) is 4.79 Å². The van der Waals surface area contributed by atoms with Crippen molar-refractivity contribution < 1.29 is 22.7 Å². The molecule has 7 nitrogen and oxygen atoms in total. The van der Waals surface area contributed by atoms with Crippen molar-refractivity contribution in [3.63, 3.8) is 0 Å². The lowest BCUT2D eigenvalue weighted by Crippen LogP contribution is -2.45. The number of likely N-dealkylation sites (tertiary alicyclic amines) is 1. The molecule has 2 aliphatic rings. The van der Waals surface area contributed by atoms with E-state index in [1.807, 2.05) is 0 Å². The number of rotatable bonds is 4. The van der Waals surface area contributed by atoms with Crippen molar-refractivity contribution in [2.24, 2.45) is 5.92 Å². The highest BCUT2D eigenvalue weighted by atomic mass is 32.2. The number of hydrogen-bond donors (Lipinski definition) is 0. The van der Waals surface area contributed by atoms with Crippen LogP contribution in [0.15, 0.2) is 23.1 Å². The number of carbonyl (C=O) groups is 1. The van der Waals surface area contributed by atoms with Crippen LogP contribution in [-0.4, -0.2) is 63.4 Å². The van der Waals surface area contributed by atoms with Crippen molar-refractivity contribution in [1.82, 2.24) is 9.21 Å². The summed E-state index contributed by atoms with van der Waals surface area (Å²) in [5.74, 6) is 1.25. The zero-order valence-electron chi connectivity index (χ0n) is 14.6. The molecule has 1 fully saturated rings. The predicted molar refractivity (Wildman–Crippen MR) is 92.2 cm³/mol. The molecule has 1 saturated heterocycles. The van der Waals surface area contributed by atoms with E-state index < -0.39 is 10.0 Å². The van der Waals surface area contributed by atoms with Crippen LogP contribution in [0.5, 0.6) is 11.5 Å². The Kier molecular flexibility index (Phi) is 5.19. The maximum absolute atomic E-state index is 12.8. The number of nitrogens with zero attached hydrogens (tertiary/aromatic N) is 2. The number of hydrogen-bond acceptors (Lipinski definition) is 5. The third-order valence-corrected chi connectivity index (χ3v) is 6.39. The largest absolute Gasteiger partial charge is 0.486 e. The Morgan fingerprint density at radius 2 is 2.00 bits per heavy atom. The minimum absolute atomic E-state index is 0.0964. The van der Waals surface area contributed by atoms with Gasteiger partial charge in [-0.05, 0) is 30.9 Å². The summed E-state index contributed by atoms with van der Waals surface area (Å²) in [7, 11) is -2.34. The van der Waals surface area contributed by atoms with E-state index in [-0.39, 0.29) is 17.3 Å². The second-order valence-corrected chi connectivity index (χ2v) is 8.70. The summed E-state index contributed by atoms with van der Waals surface area (Å²) < 4.78 is 37.5. The van der Waals surface area contributed by atoms with Crippen molar-refractivity contribution in [3.8, 4) is 11.5 Å². The lowest BCUT2D eigenvalue weighted by molar-refractivity contribution is -0.132. The summed E-state index contributed by atoms with van der Waals surface area (Å²) in [5.41, 5.74) is 0. The van der Waals surface area contributed by atoms with Crippen LogP contribution in [0.3, 0.4) is 0 Å². The normalized spacial score (nSPS) is 20.6. The molecule has 0 radical (unpaired) electrons. The molecule has 138 valence electrons. The molecule has 2 heterocycles. The maximum Gasteiger partial charge on any atom is 0.243 e. The Labute approximate surface area is 148 Å². The number of piperidine rings is 1. The third kappa shape index (κ3) is 3.90. The topological polar surface area (TPSA) is 76.2 Å². The number of likely N-dealkylation sites (N-methyl/N-ethyl adjacent to an activating group) is 1. The van der Waals surface area contributed by atoms with Gasteiger partial charge in [-0.25, -0.2) is 8.42 Å². The van der Waals surface area contributed by atoms with E-state index in [2.05, 4.69) is 6.92 Å². The first kappa shape index (κ1) is 18.0. The van der Waals surface area contributed by atoms with Gasteiger partial charge in [-0.2, -0.15) is 4.31 Å². The van der Waals surface area contributed by atoms with Crippen molar-refractivity contribution in [2.45, 2.75) is 24.7 Å². The molecule has 8 heteroatoms. The van der Waals surface area contributed by atoms with Gasteiger partial charge >= 0.3 is 0 Å². The molecule has 1 aromatic carbocycles. The lowest BCUT2D eigenvalue weighted by Gasteiger charge is -2.32. The average molecular weight is 368 g/mol. The summed E-state index contributed by atoms with van der Waals surface area (Å²) in [4.78, 5) is 14.3. The van der Waals surface area contributed by atoms with Crippen LogP contribution in [0.4, 0.5) is 0 Å². The fourth-order valence-corrected chi connectivity index (χ4v) is 4.29. The van der Waals surface area contributed by atoms with E-state index in [1.54, 1.807) is 11.0 Å². The van der Waals surface area contributed by atoms with Gasteiger partial charge in [-0.1, -0.05) is 6.92 Å². The maximum atomic E-state index is 12.8. The van der Waals surface area contributed by atoms with Gasteiger partial charge in [-0.15, -0.1) is 0 Å². The van der Waals surface area contributed by atoms with Crippen LogP contribution in [0, 0.1) is 5.92 Å². The summed E-state index contributed by atoms with van der Waals surface area (Å²) >= 11 is 0. The smallest absolute Gasteiger partial charge is 0.243 e. The number of ether oxygens (including phenoxy) is 2. The van der Waals surface area contributed by atoms with E-state index in [0.29, 0.717) is 43.7 Å². The Bertz CT molecular complexity index is 749. The molecule has 1 unspecified atom stereocenters. The molecule has 3 rings (SSSR count). The van der Waals surface area contributed by atoms with Crippen LogP contribution in [0.2, 0.25) is 0 Å². The Morgan fingerprint density at radius 1 is 1.28 bits per heavy atom. The Morgan fingerprint density at radius 3 is 2.72 bits per heavy atom. The van der Waals surface area contributed by atoms with E-state index >= 15 is 0 Å². The van der Waals surface area contributed by atoms with Crippen LogP contribution >= 0.6 is 0 Å². The molecule has 0 aliphatic carbocycles. The number of amides is 1. The molecule has 25 heavy (non-hydrogen) atoms. The average Bonchev–Trinajstić information content (AvgIpc) is 2.61. The molecule has 0 spiro atoms. The third-order valence-electron chi connectivity index (χ3n) is 4.59. The molecular formula is C17H24N2O5S. The molecule has 0 bridgehead atoms. The minimum atomic E-state index is -3.77. The highest BCUT2D eigenvalue weighted by Crippen LogP contribution is 2.33. The lowest BCUT2D eigenvalue weighted by atomic mass is 10.0. The zero-order chi connectivity index (χ0) is 18.0. The summed E-state index contributed by atoms with van der Waals surface area (Å²) in [6.07, 6.45) is 2.07. The first-order valence-electron chi connectivity index (χ1n) is 8.51. The quantitative estimate of drug-likeness (QED) is 0.802. The fraction of sp³-hybridized carbons (Fsp3) is 0.588. The van der Waals surface area contributed by atoms with E-state index in [4.69, 9.17) is 9.47 Å². The van der Waals surface area contributed by atoms with Gasteiger partial charge in [0.05, 0.1) is 11.4 Å². The highest BCUT2D eigenvalue weighted by molar-refractivity contribution is 7.89. The van der Waals surface area contributed by atoms with Gasteiger partial charge in [0.1, 0.15) is 13.2 Å². The van der Waals surface area contributed by atoms with Crippen molar-refractivity contribution >= 4 is 15.9 Å². The van der Waals surface area contributed by atoms with Gasteiger partial charge < -0.3 is 14.4 Å². The Hall–Kier alpha value is -1.80. The molecule has 1 amide bonds. The highest BCUT2D eigenvalue weighted by Gasteiger charge is 2.28. The monoisotopic (exact) mass is 368 g/mol. The molecule has 0 aromatic heterocycles. The first-order valence-corrected chi connectivity index (χ1v) is 9.95. The van der Waals surface area contributed by atoms with Gasteiger partial charge in [0, 0.05) is 26.2 Å². The summed E-state index contributed by atoms with van der Waals surface area (Å²) in [6, 6.07) is 4.52. The number of sulfonamides is 1. The predicted octanol–water partition coefficient (Wildman–Crippen LogP) is 1.34. The van der Waals surface area contributed by atoms with Crippen molar-refractivity contribution in [3.05, 3.63) is 18.2 Å². The van der Waals surface area contributed by atoms with Crippen LogP contribution < -0.4 is 9.47 Å². The summed E-state index contributed by atoms with van der Waals surface area (Å²) in [6.45, 7) is 4.16. The van der Waals surface area contributed by atoms with Crippen molar-refractivity contribution in [2.75, 3.05) is 39.9 Å². The second kappa shape index (κ2) is 7.21. The first-order chi connectivity index (χ1) is 11.9. The van der Waals surface area contributed by atoms with Crippen LogP contribution in [-0.2, 0) is 14.8 Å². The molecule has 0 saturated carbocycles. The standard InChI is InChI=1S/C17H24N2O5S/c1-13-4-3-7-19(11-13)17(20)12-18(2)25(21,22)14-5-6-15-16(10-14)24-9-8-23-15/h5-6,10,13H,3-4,7-9,11-12H2,1-2H3. The fourth-order valence-electron chi connectivity index (χ4n) is 3.16. The number of benzene rings is 1. The minimum Gasteiger partial charge on any atom is -0.486 e. The molecular weight excluding hydrogens is 344 g/mol. The molecule has 1 aromatic rings. The number of carbonyl (C=O) groups excluding carboxylic acids is 1. The molecule has 0 N–H and O–H groups in total. The van der Waals surface area contributed by atoms with Gasteiger partial charge in [0.25, 0.3) is 0 Å².